The molecule has 0 aromatic carbocycles. The molecule has 2 unspecified atom stereocenters. The number of amides is 3. The van der Waals surface area contributed by atoms with E-state index in [9.17, 15) is 14.4 Å². The highest BCUT2D eigenvalue weighted by atomic mass is 16.5. The predicted octanol–water partition coefficient (Wildman–Crippen LogP) is 0.704. The van der Waals surface area contributed by atoms with E-state index in [4.69, 9.17) is 4.74 Å². The van der Waals surface area contributed by atoms with E-state index in [0.717, 1.165) is 0 Å². The largest absolute Gasteiger partial charge is 0.378 e. The number of hydrogen-bond acceptors (Lipinski definition) is 4. The van der Waals surface area contributed by atoms with Crippen LogP contribution >= 0.6 is 0 Å². The number of carbonyl (C=O) groups is 3. The highest BCUT2D eigenvalue weighted by Crippen LogP contribution is 2.57. The van der Waals surface area contributed by atoms with Crippen LogP contribution in [-0.4, -0.2) is 48.9 Å². The molecule has 6 heteroatoms. The molecular weight excluding hydrogens is 284 g/mol. The number of hydrogen-bond donors (Lipinski definition) is 1. The molecule has 6 nitrogen and oxygen atoms in total. The second-order valence-corrected chi connectivity index (χ2v) is 7.90. The minimum Gasteiger partial charge on any atom is -0.378 e. The smallest absolute Gasteiger partial charge is 0.232 e. The topological polar surface area (TPSA) is 75.7 Å². The van der Waals surface area contributed by atoms with Crippen LogP contribution in [0, 0.1) is 16.2 Å². The van der Waals surface area contributed by atoms with Crippen molar-refractivity contribution in [2.45, 2.75) is 40.0 Å². The third kappa shape index (κ3) is 2.24. The van der Waals surface area contributed by atoms with E-state index in [0.29, 0.717) is 45.6 Å². The Morgan fingerprint density at radius 2 is 1.50 bits per heavy atom. The zero-order valence-corrected chi connectivity index (χ0v) is 13.5. The minimum absolute atomic E-state index is 0.0513. The summed E-state index contributed by atoms with van der Waals surface area (Å²) in [5, 5.41) is 2.50. The van der Waals surface area contributed by atoms with Gasteiger partial charge in [0, 0.05) is 29.3 Å². The summed E-state index contributed by atoms with van der Waals surface area (Å²) in [7, 11) is 0. The van der Waals surface area contributed by atoms with Gasteiger partial charge in [0.1, 0.15) is 0 Å². The third-order valence-electron chi connectivity index (χ3n) is 5.48. The first-order valence-electron chi connectivity index (χ1n) is 7.92. The molecule has 3 rings (SSSR count). The maximum atomic E-state index is 13.0. The van der Waals surface area contributed by atoms with Crippen molar-refractivity contribution in [3.05, 3.63) is 0 Å². The molecule has 2 saturated heterocycles. The minimum atomic E-state index is -0.674. The van der Waals surface area contributed by atoms with Crippen LogP contribution in [0.3, 0.4) is 0 Å². The summed E-state index contributed by atoms with van der Waals surface area (Å²) in [5.41, 5.74) is -1.98. The summed E-state index contributed by atoms with van der Waals surface area (Å²) in [5.74, 6) is -0.429. The van der Waals surface area contributed by atoms with Crippen LogP contribution in [0.4, 0.5) is 0 Å². The summed E-state index contributed by atoms with van der Waals surface area (Å²) >= 11 is 0. The summed E-state index contributed by atoms with van der Waals surface area (Å²) < 4.78 is 5.31. The van der Waals surface area contributed by atoms with E-state index in [1.54, 1.807) is 0 Å². The van der Waals surface area contributed by atoms with Gasteiger partial charge in [-0.25, -0.2) is 0 Å². The number of nitrogens with one attached hydrogen (secondary N) is 1. The molecule has 1 saturated carbocycles. The summed E-state index contributed by atoms with van der Waals surface area (Å²) in [6, 6.07) is 0. The van der Waals surface area contributed by atoms with Crippen molar-refractivity contribution in [3.63, 3.8) is 0 Å². The fourth-order valence-corrected chi connectivity index (χ4v) is 4.80. The fraction of sp³-hybridized carbons (Fsp3) is 0.812. The molecule has 2 atom stereocenters. The van der Waals surface area contributed by atoms with Gasteiger partial charge in [-0.1, -0.05) is 20.8 Å². The van der Waals surface area contributed by atoms with Gasteiger partial charge in [0.15, 0.2) is 0 Å². The Hall–Kier alpha value is -1.43. The molecule has 122 valence electrons. The number of morpholine rings is 1. The van der Waals surface area contributed by atoms with E-state index in [-0.39, 0.29) is 17.7 Å². The third-order valence-corrected chi connectivity index (χ3v) is 5.48. The van der Waals surface area contributed by atoms with E-state index < -0.39 is 16.2 Å². The lowest BCUT2D eigenvalue weighted by molar-refractivity contribution is -0.169. The first kappa shape index (κ1) is 15.5. The number of nitrogens with zero attached hydrogens (tertiary/aromatic N) is 1. The molecule has 0 radical (unpaired) electrons. The molecule has 3 fully saturated rings. The van der Waals surface area contributed by atoms with Crippen LogP contribution in [0.5, 0.6) is 0 Å². The number of rotatable bonds is 1. The average molecular weight is 308 g/mol. The van der Waals surface area contributed by atoms with Crippen molar-refractivity contribution in [3.8, 4) is 0 Å². The van der Waals surface area contributed by atoms with E-state index in [1.807, 2.05) is 25.7 Å². The normalized spacial score (nSPS) is 42.0. The zero-order chi connectivity index (χ0) is 16.2. The van der Waals surface area contributed by atoms with Crippen LogP contribution in [0.15, 0.2) is 0 Å². The molecule has 3 amide bonds. The van der Waals surface area contributed by atoms with Crippen LogP contribution in [0.1, 0.15) is 40.0 Å². The maximum absolute atomic E-state index is 13.0. The average Bonchev–Trinajstić information content (AvgIpc) is 2.45. The SMILES string of the molecule is CC12CC(C)(CC(C)(C(=O)N3CCOCC3)C1)C(=O)NC2=O. The lowest BCUT2D eigenvalue weighted by atomic mass is 9.52. The highest BCUT2D eigenvalue weighted by Gasteiger charge is 2.61. The Labute approximate surface area is 130 Å². The lowest BCUT2D eigenvalue weighted by Gasteiger charge is -2.54. The van der Waals surface area contributed by atoms with Crippen molar-refractivity contribution < 1.29 is 19.1 Å². The van der Waals surface area contributed by atoms with Crippen LogP contribution in [0.2, 0.25) is 0 Å². The Morgan fingerprint density at radius 3 is 2.00 bits per heavy atom. The van der Waals surface area contributed by atoms with Gasteiger partial charge >= 0.3 is 0 Å². The molecule has 2 bridgehead atoms. The highest BCUT2D eigenvalue weighted by molar-refractivity contribution is 6.04. The molecule has 0 aromatic rings. The van der Waals surface area contributed by atoms with E-state index in [1.165, 1.54) is 0 Å². The maximum Gasteiger partial charge on any atom is 0.232 e. The second-order valence-electron chi connectivity index (χ2n) is 7.90. The molecule has 1 aliphatic carbocycles. The standard InChI is InChI=1S/C16H24N2O4/c1-14-8-15(2,12(20)17-11(14)19)10-16(3,9-14)13(21)18-4-6-22-7-5-18/h4-10H2,1-3H3,(H,17,19,20). The summed E-state index contributed by atoms with van der Waals surface area (Å²) in [6.07, 6.45) is 1.51. The van der Waals surface area contributed by atoms with Crippen molar-refractivity contribution in [2.75, 3.05) is 26.3 Å². The molecule has 2 heterocycles. The van der Waals surface area contributed by atoms with Gasteiger partial charge in [0.05, 0.1) is 13.2 Å². The molecule has 0 spiro atoms. The molecule has 2 aliphatic heterocycles. The van der Waals surface area contributed by atoms with Crippen molar-refractivity contribution in [1.29, 1.82) is 0 Å². The molecular formula is C16H24N2O4. The summed E-state index contributed by atoms with van der Waals surface area (Å²) in [4.78, 5) is 39.4. The van der Waals surface area contributed by atoms with Gasteiger partial charge in [-0.05, 0) is 19.3 Å². The number of fused-ring (bicyclic) bond motifs is 2. The lowest BCUT2D eigenvalue weighted by Crippen LogP contribution is -2.64. The van der Waals surface area contributed by atoms with Crippen LogP contribution < -0.4 is 5.32 Å². The molecule has 0 aromatic heterocycles. The van der Waals surface area contributed by atoms with E-state index >= 15 is 0 Å². The van der Waals surface area contributed by atoms with Gasteiger partial charge in [0.2, 0.25) is 17.7 Å². The van der Waals surface area contributed by atoms with Gasteiger partial charge in [0.25, 0.3) is 0 Å². The second kappa shape index (κ2) is 4.78. The van der Waals surface area contributed by atoms with Crippen LogP contribution in [-0.2, 0) is 19.1 Å². The monoisotopic (exact) mass is 308 g/mol. The van der Waals surface area contributed by atoms with Gasteiger partial charge in [-0.3, -0.25) is 19.7 Å². The van der Waals surface area contributed by atoms with Crippen molar-refractivity contribution in [2.24, 2.45) is 16.2 Å². The number of carbonyl (C=O) groups excluding carboxylic acids is 3. The Morgan fingerprint density at radius 1 is 1.00 bits per heavy atom. The van der Waals surface area contributed by atoms with Crippen LogP contribution in [0.25, 0.3) is 0 Å². The Bertz CT molecular complexity index is 512. The predicted molar refractivity (Wildman–Crippen MR) is 78.7 cm³/mol. The zero-order valence-electron chi connectivity index (χ0n) is 13.5. The van der Waals surface area contributed by atoms with Gasteiger partial charge in [-0.15, -0.1) is 0 Å². The van der Waals surface area contributed by atoms with Gasteiger partial charge < -0.3 is 9.64 Å². The van der Waals surface area contributed by atoms with E-state index in [2.05, 4.69) is 5.32 Å². The van der Waals surface area contributed by atoms with Crippen molar-refractivity contribution >= 4 is 17.7 Å². The first-order valence-corrected chi connectivity index (χ1v) is 7.92. The van der Waals surface area contributed by atoms with Crippen molar-refractivity contribution in [1.82, 2.24) is 10.2 Å². The number of imide groups is 1. The van der Waals surface area contributed by atoms with Gasteiger partial charge in [-0.2, -0.15) is 0 Å². The summed E-state index contributed by atoms with van der Waals surface area (Å²) in [6.45, 7) is 7.93. The Kier molecular flexibility index (Phi) is 3.36. The first-order chi connectivity index (χ1) is 10.2. The fourth-order valence-electron chi connectivity index (χ4n) is 4.80. The number of piperidine rings is 1. The molecule has 1 N–H and O–H groups in total. The molecule has 22 heavy (non-hydrogen) atoms. The Balaban J connectivity index is 1.91. The number of ether oxygens (including phenoxy) is 1. The quantitative estimate of drug-likeness (QED) is 0.724. The molecule has 3 aliphatic rings.